The first-order valence-corrected chi connectivity index (χ1v) is 10.9. The molecule has 156 valence electrons. The Bertz CT molecular complexity index is 820. The number of phenols is 2. The zero-order chi connectivity index (χ0) is 20.5. The number of aromatic hydroxyl groups is 2. The fraction of sp³-hybridized carbons (Fsp3) is 0.625. The topological polar surface area (TPSA) is 70.7 Å². The van der Waals surface area contributed by atoms with Gasteiger partial charge in [-0.15, -0.1) is 0 Å². The van der Waals surface area contributed by atoms with Crippen LogP contribution in [0, 0.1) is 13.8 Å². The normalized spacial score (nSPS) is 11.4. The summed E-state index contributed by atoms with van der Waals surface area (Å²) in [6, 6.07) is 1.48. The largest absolute Gasteiger partial charge is 0.507 e. The van der Waals surface area contributed by atoms with Crippen molar-refractivity contribution < 1.29 is 14.6 Å². The molecule has 1 aromatic heterocycles. The molecule has 1 heterocycles. The van der Waals surface area contributed by atoms with E-state index >= 15 is 0 Å². The maximum absolute atomic E-state index is 12.4. The Morgan fingerprint density at radius 1 is 0.786 bits per heavy atom. The van der Waals surface area contributed by atoms with Gasteiger partial charge in [0.05, 0.1) is 0 Å². The molecule has 2 N–H and O–H groups in total. The summed E-state index contributed by atoms with van der Waals surface area (Å²) in [5.41, 5.74) is 0.868. The van der Waals surface area contributed by atoms with Crippen LogP contribution in [0.1, 0.15) is 94.4 Å². The summed E-state index contributed by atoms with van der Waals surface area (Å²) in [5.74, 6) is 0.423. The number of phenolic OH excluding ortho intramolecular Hbond substituents is 2. The zero-order valence-corrected chi connectivity index (χ0v) is 17.8. The first kappa shape index (κ1) is 22.3. The second kappa shape index (κ2) is 11.1. The van der Waals surface area contributed by atoms with Gasteiger partial charge in [-0.05, 0) is 20.3 Å². The van der Waals surface area contributed by atoms with Gasteiger partial charge in [0, 0.05) is 23.6 Å². The second-order valence-electron chi connectivity index (χ2n) is 8.01. The quantitative estimate of drug-likeness (QED) is 0.398. The molecular weight excluding hydrogens is 352 g/mol. The minimum absolute atomic E-state index is 0.0139. The highest BCUT2D eigenvalue weighted by molar-refractivity contribution is 5.89. The summed E-state index contributed by atoms with van der Waals surface area (Å²) < 4.78 is 5.86. The SMILES string of the molecule is CCCCCCCCCCCCCc1cc(=O)c2c(O)c(C)c(O)c(C)c2o1. The lowest BCUT2D eigenvalue weighted by molar-refractivity contribution is 0.439. The first-order chi connectivity index (χ1) is 13.5. The lowest BCUT2D eigenvalue weighted by atomic mass is 10.0. The van der Waals surface area contributed by atoms with Gasteiger partial charge in [0.2, 0.25) is 0 Å². The van der Waals surface area contributed by atoms with Crippen LogP contribution in [0.4, 0.5) is 0 Å². The van der Waals surface area contributed by atoms with Crippen molar-refractivity contribution in [1.29, 1.82) is 0 Å². The number of rotatable bonds is 12. The molecule has 0 atom stereocenters. The number of benzene rings is 1. The molecule has 0 amide bonds. The molecule has 4 nitrogen and oxygen atoms in total. The second-order valence-corrected chi connectivity index (χ2v) is 8.01. The van der Waals surface area contributed by atoms with Gasteiger partial charge in [0.1, 0.15) is 28.2 Å². The Labute approximate surface area is 168 Å². The molecule has 0 fully saturated rings. The molecule has 1 aromatic carbocycles. The van der Waals surface area contributed by atoms with Crippen molar-refractivity contribution in [2.75, 3.05) is 0 Å². The molecule has 4 heteroatoms. The standard InChI is InChI=1S/C24H36O4/c1-4-5-6-7-8-9-10-11-12-13-14-15-19-16-20(25)21-23(27)17(2)22(26)18(3)24(21)28-19/h16,26-27H,4-15H2,1-3H3. The minimum atomic E-state index is -0.247. The summed E-state index contributed by atoms with van der Waals surface area (Å²) >= 11 is 0. The monoisotopic (exact) mass is 388 g/mol. The molecule has 0 saturated heterocycles. The fourth-order valence-corrected chi connectivity index (χ4v) is 3.81. The Kier molecular flexibility index (Phi) is 8.88. The van der Waals surface area contributed by atoms with Crippen LogP contribution in [-0.4, -0.2) is 10.2 Å². The van der Waals surface area contributed by atoms with Crippen molar-refractivity contribution in [3.8, 4) is 11.5 Å². The fourth-order valence-electron chi connectivity index (χ4n) is 3.81. The van der Waals surface area contributed by atoms with Crippen LogP contribution < -0.4 is 5.43 Å². The maximum atomic E-state index is 12.4. The van der Waals surface area contributed by atoms with Crippen LogP contribution in [0.15, 0.2) is 15.3 Å². The highest BCUT2D eigenvalue weighted by Gasteiger charge is 2.18. The molecule has 0 radical (unpaired) electrons. The van der Waals surface area contributed by atoms with E-state index in [0.717, 1.165) is 12.8 Å². The molecule has 28 heavy (non-hydrogen) atoms. The van der Waals surface area contributed by atoms with E-state index in [1.54, 1.807) is 13.8 Å². The Balaban J connectivity index is 1.80. The Hall–Kier alpha value is -1.97. The van der Waals surface area contributed by atoms with Gasteiger partial charge in [0.15, 0.2) is 5.43 Å². The van der Waals surface area contributed by atoms with E-state index in [4.69, 9.17) is 4.42 Å². The van der Waals surface area contributed by atoms with Gasteiger partial charge >= 0.3 is 0 Å². The number of unbranched alkanes of at least 4 members (excludes halogenated alkanes) is 10. The molecular formula is C24H36O4. The predicted molar refractivity (Wildman–Crippen MR) is 115 cm³/mol. The van der Waals surface area contributed by atoms with Crippen LogP contribution in [0.5, 0.6) is 11.5 Å². The molecule has 0 aliphatic heterocycles. The van der Waals surface area contributed by atoms with Crippen molar-refractivity contribution in [3.05, 3.63) is 33.2 Å². The van der Waals surface area contributed by atoms with Gasteiger partial charge in [-0.25, -0.2) is 0 Å². The molecule has 0 spiro atoms. The van der Waals surface area contributed by atoms with Crippen molar-refractivity contribution in [2.24, 2.45) is 0 Å². The molecule has 0 aliphatic carbocycles. The van der Waals surface area contributed by atoms with Crippen LogP contribution in [0.3, 0.4) is 0 Å². The van der Waals surface area contributed by atoms with E-state index < -0.39 is 0 Å². The van der Waals surface area contributed by atoms with E-state index in [2.05, 4.69) is 6.92 Å². The van der Waals surface area contributed by atoms with Crippen LogP contribution in [0.25, 0.3) is 11.0 Å². The van der Waals surface area contributed by atoms with Gasteiger partial charge in [0.25, 0.3) is 0 Å². The van der Waals surface area contributed by atoms with Crippen LogP contribution in [-0.2, 0) is 6.42 Å². The third kappa shape index (κ3) is 5.76. The summed E-state index contributed by atoms with van der Waals surface area (Å²) in [6.07, 6.45) is 14.7. The summed E-state index contributed by atoms with van der Waals surface area (Å²) in [7, 11) is 0. The summed E-state index contributed by atoms with van der Waals surface area (Å²) in [4.78, 5) is 12.4. The Morgan fingerprint density at radius 3 is 1.89 bits per heavy atom. The van der Waals surface area contributed by atoms with E-state index in [1.165, 1.54) is 63.9 Å². The molecule has 2 rings (SSSR count). The highest BCUT2D eigenvalue weighted by atomic mass is 16.3. The maximum Gasteiger partial charge on any atom is 0.196 e. The third-order valence-corrected chi connectivity index (χ3v) is 5.67. The third-order valence-electron chi connectivity index (χ3n) is 5.67. The average molecular weight is 389 g/mol. The molecule has 0 aliphatic rings. The smallest absolute Gasteiger partial charge is 0.196 e. The average Bonchev–Trinajstić information content (AvgIpc) is 2.68. The van der Waals surface area contributed by atoms with Crippen molar-refractivity contribution >= 4 is 11.0 Å². The summed E-state index contributed by atoms with van der Waals surface area (Å²) in [6.45, 7) is 5.55. The summed E-state index contributed by atoms with van der Waals surface area (Å²) in [5, 5.41) is 20.5. The van der Waals surface area contributed by atoms with Crippen molar-refractivity contribution in [3.63, 3.8) is 0 Å². The number of fused-ring (bicyclic) bond motifs is 1. The highest BCUT2D eigenvalue weighted by Crippen LogP contribution is 2.37. The lowest BCUT2D eigenvalue weighted by Crippen LogP contribution is -2.04. The number of aryl methyl sites for hydroxylation is 2. The predicted octanol–water partition coefficient (Wildman–Crippen LogP) is 6.67. The molecule has 2 aromatic rings. The van der Waals surface area contributed by atoms with E-state index in [9.17, 15) is 15.0 Å². The van der Waals surface area contributed by atoms with Gasteiger partial charge in [-0.2, -0.15) is 0 Å². The number of hydrogen-bond acceptors (Lipinski definition) is 4. The Morgan fingerprint density at radius 2 is 1.32 bits per heavy atom. The first-order valence-electron chi connectivity index (χ1n) is 10.9. The van der Waals surface area contributed by atoms with Gasteiger partial charge in [-0.3, -0.25) is 4.79 Å². The van der Waals surface area contributed by atoms with Crippen LogP contribution >= 0.6 is 0 Å². The molecule has 0 saturated carbocycles. The van der Waals surface area contributed by atoms with E-state index in [-0.39, 0.29) is 22.3 Å². The minimum Gasteiger partial charge on any atom is -0.507 e. The zero-order valence-electron chi connectivity index (χ0n) is 17.8. The number of hydrogen-bond donors (Lipinski definition) is 2. The van der Waals surface area contributed by atoms with Gasteiger partial charge < -0.3 is 14.6 Å². The lowest BCUT2D eigenvalue weighted by Gasteiger charge is -2.11. The van der Waals surface area contributed by atoms with Crippen molar-refractivity contribution in [1.82, 2.24) is 0 Å². The van der Waals surface area contributed by atoms with Crippen LogP contribution in [0.2, 0.25) is 0 Å². The van der Waals surface area contributed by atoms with Crippen molar-refractivity contribution in [2.45, 2.75) is 97.8 Å². The van der Waals surface area contributed by atoms with E-state index in [1.807, 2.05) is 0 Å². The van der Waals surface area contributed by atoms with E-state index in [0.29, 0.717) is 28.9 Å². The molecule has 0 unspecified atom stereocenters. The molecule has 0 bridgehead atoms. The van der Waals surface area contributed by atoms with Gasteiger partial charge in [-0.1, -0.05) is 71.1 Å².